The van der Waals surface area contributed by atoms with Crippen molar-refractivity contribution in [2.45, 2.75) is 66.7 Å². The van der Waals surface area contributed by atoms with E-state index in [9.17, 15) is 0 Å². The molecule has 0 N–H and O–H groups in total. The Labute approximate surface area is 85.1 Å². The van der Waals surface area contributed by atoms with Crippen LogP contribution < -0.4 is 0 Å². The summed E-state index contributed by atoms with van der Waals surface area (Å²) in [5.41, 5.74) is 0. The number of hydrogen-bond donors (Lipinski definition) is 0. The minimum atomic E-state index is 0.858. The third-order valence-electron chi connectivity index (χ3n) is 3.24. The molecule has 13 heavy (non-hydrogen) atoms. The van der Waals surface area contributed by atoms with Gasteiger partial charge in [0.05, 0.1) is 0 Å². The van der Waals surface area contributed by atoms with Crippen LogP contribution in [0.25, 0.3) is 0 Å². The van der Waals surface area contributed by atoms with Gasteiger partial charge in [0.2, 0.25) is 0 Å². The largest absolute Gasteiger partial charge is 0.0654 e. The van der Waals surface area contributed by atoms with Crippen LogP contribution in [0.1, 0.15) is 66.7 Å². The molecular weight excluding hydrogens is 156 g/mol. The van der Waals surface area contributed by atoms with Crippen molar-refractivity contribution in [3.8, 4) is 0 Å². The molecule has 0 rings (SSSR count). The summed E-state index contributed by atoms with van der Waals surface area (Å²) in [4.78, 5) is 0. The molecule has 0 nitrogen and oxygen atoms in total. The second-order valence-corrected chi connectivity index (χ2v) is 4.90. The Morgan fingerprint density at radius 3 is 1.62 bits per heavy atom. The van der Waals surface area contributed by atoms with Crippen LogP contribution in [0.3, 0.4) is 0 Å². The third-order valence-corrected chi connectivity index (χ3v) is 3.24. The van der Waals surface area contributed by atoms with E-state index in [2.05, 4.69) is 34.6 Å². The van der Waals surface area contributed by atoms with Crippen LogP contribution in [-0.2, 0) is 0 Å². The summed E-state index contributed by atoms with van der Waals surface area (Å²) < 4.78 is 0. The van der Waals surface area contributed by atoms with Crippen molar-refractivity contribution in [2.24, 2.45) is 17.8 Å². The van der Waals surface area contributed by atoms with Gasteiger partial charge in [-0.2, -0.15) is 0 Å². The predicted molar refractivity (Wildman–Crippen MR) is 61.9 cm³/mol. The lowest BCUT2D eigenvalue weighted by molar-refractivity contribution is 0.292. The van der Waals surface area contributed by atoms with Crippen LogP contribution in [0.4, 0.5) is 0 Å². The van der Waals surface area contributed by atoms with Crippen molar-refractivity contribution in [1.82, 2.24) is 0 Å². The van der Waals surface area contributed by atoms with Crippen molar-refractivity contribution in [1.29, 1.82) is 0 Å². The van der Waals surface area contributed by atoms with Crippen molar-refractivity contribution in [3.05, 3.63) is 0 Å². The van der Waals surface area contributed by atoms with Gasteiger partial charge < -0.3 is 0 Å². The fourth-order valence-electron chi connectivity index (χ4n) is 1.99. The molecule has 0 bridgehead atoms. The van der Waals surface area contributed by atoms with E-state index in [-0.39, 0.29) is 0 Å². The van der Waals surface area contributed by atoms with E-state index < -0.39 is 0 Å². The second-order valence-electron chi connectivity index (χ2n) is 4.90. The van der Waals surface area contributed by atoms with Gasteiger partial charge in [-0.25, -0.2) is 0 Å². The first-order valence-corrected chi connectivity index (χ1v) is 6.11. The zero-order chi connectivity index (χ0) is 10.3. The van der Waals surface area contributed by atoms with Gasteiger partial charge >= 0.3 is 0 Å². The summed E-state index contributed by atoms with van der Waals surface area (Å²) >= 11 is 0. The molecule has 1 atom stereocenters. The highest BCUT2D eigenvalue weighted by molar-refractivity contribution is 4.65. The maximum atomic E-state index is 2.41. The van der Waals surface area contributed by atoms with Gasteiger partial charge in [-0.15, -0.1) is 0 Å². The summed E-state index contributed by atoms with van der Waals surface area (Å²) in [6.07, 6.45) is 7.03. The monoisotopic (exact) mass is 184 g/mol. The molecular formula is C13H28. The molecule has 0 aromatic carbocycles. The molecule has 0 fully saturated rings. The van der Waals surface area contributed by atoms with Crippen LogP contribution in [0.15, 0.2) is 0 Å². The zero-order valence-corrected chi connectivity index (χ0v) is 10.3. The van der Waals surface area contributed by atoms with Gasteiger partial charge in [0.15, 0.2) is 0 Å². The summed E-state index contributed by atoms with van der Waals surface area (Å²) in [6.45, 7) is 11.7. The lowest BCUT2D eigenvalue weighted by Crippen LogP contribution is -2.11. The molecule has 0 aliphatic rings. The summed E-state index contributed by atoms with van der Waals surface area (Å²) in [5, 5.41) is 0. The van der Waals surface area contributed by atoms with Crippen LogP contribution in [0.5, 0.6) is 0 Å². The van der Waals surface area contributed by atoms with Crippen LogP contribution in [-0.4, -0.2) is 0 Å². The minimum absolute atomic E-state index is 0.858. The summed E-state index contributed by atoms with van der Waals surface area (Å²) in [6, 6.07) is 0. The van der Waals surface area contributed by atoms with Gasteiger partial charge in [0, 0.05) is 0 Å². The van der Waals surface area contributed by atoms with E-state index in [1.807, 2.05) is 0 Å². The first kappa shape index (κ1) is 13.0. The summed E-state index contributed by atoms with van der Waals surface area (Å²) in [7, 11) is 0. The average Bonchev–Trinajstić information content (AvgIpc) is 2.05. The first-order valence-electron chi connectivity index (χ1n) is 6.11. The molecule has 0 saturated heterocycles. The molecule has 0 aromatic heterocycles. The predicted octanol–water partition coefficient (Wildman–Crippen LogP) is 4.89. The maximum Gasteiger partial charge on any atom is -0.0412 e. The van der Waals surface area contributed by atoms with Gasteiger partial charge in [0.25, 0.3) is 0 Å². The summed E-state index contributed by atoms with van der Waals surface area (Å²) in [5.74, 6) is 2.76. The molecule has 80 valence electrons. The Morgan fingerprint density at radius 2 is 1.31 bits per heavy atom. The highest BCUT2D eigenvalue weighted by atomic mass is 14.2. The molecule has 1 unspecified atom stereocenters. The van der Waals surface area contributed by atoms with Crippen molar-refractivity contribution < 1.29 is 0 Å². The zero-order valence-electron chi connectivity index (χ0n) is 10.3. The first-order chi connectivity index (χ1) is 6.11. The smallest absolute Gasteiger partial charge is 0.0412 e. The molecule has 0 saturated carbocycles. The molecule has 0 heteroatoms. The molecule has 0 heterocycles. The molecule has 0 spiro atoms. The quantitative estimate of drug-likeness (QED) is 0.528. The van der Waals surface area contributed by atoms with Gasteiger partial charge in [0.1, 0.15) is 0 Å². The number of rotatable bonds is 7. The van der Waals surface area contributed by atoms with Gasteiger partial charge in [-0.1, -0.05) is 60.3 Å². The van der Waals surface area contributed by atoms with Gasteiger partial charge in [-0.3, -0.25) is 0 Å². The van der Waals surface area contributed by atoms with Crippen molar-refractivity contribution in [2.75, 3.05) is 0 Å². The minimum Gasteiger partial charge on any atom is -0.0654 e. The van der Waals surface area contributed by atoms with Crippen molar-refractivity contribution >= 4 is 0 Å². The average molecular weight is 184 g/mol. The fraction of sp³-hybridized carbons (Fsp3) is 1.00. The highest BCUT2D eigenvalue weighted by Gasteiger charge is 2.14. The Bertz CT molecular complexity index is 98.6. The molecule has 0 amide bonds. The third kappa shape index (κ3) is 6.12. The van der Waals surface area contributed by atoms with E-state index in [4.69, 9.17) is 0 Å². The molecule has 0 aliphatic heterocycles. The second kappa shape index (κ2) is 7.41. The molecule has 0 radical (unpaired) electrons. The Hall–Kier alpha value is 0. The van der Waals surface area contributed by atoms with E-state index in [1.54, 1.807) is 0 Å². The lowest BCUT2D eigenvalue weighted by Gasteiger charge is -2.22. The Morgan fingerprint density at radius 1 is 0.846 bits per heavy atom. The maximum absolute atomic E-state index is 2.41. The van der Waals surface area contributed by atoms with Crippen molar-refractivity contribution in [3.63, 3.8) is 0 Å². The van der Waals surface area contributed by atoms with Crippen LogP contribution in [0, 0.1) is 17.8 Å². The highest BCUT2D eigenvalue weighted by Crippen LogP contribution is 2.26. The topological polar surface area (TPSA) is 0 Å². The SMILES string of the molecule is CCCC(CCC)CC(C)C(C)C. The Balaban J connectivity index is 3.78. The van der Waals surface area contributed by atoms with Crippen LogP contribution >= 0.6 is 0 Å². The number of hydrogen-bond acceptors (Lipinski definition) is 0. The van der Waals surface area contributed by atoms with E-state index in [0.717, 1.165) is 17.8 Å². The molecule has 0 aliphatic carbocycles. The lowest BCUT2D eigenvalue weighted by atomic mass is 9.84. The molecule has 0 aromatic rings. The normalized spacial score (nSPS) is 14.1. The fourth-order valence-corrected chi connectivity index (χ4v) is 1.99. The van der Waals surface area contributed by atoms with E-state index >= 15 is 0 Å². The standard InChI is InChI=1S/C13H28/c1-6-8-13(9-7-2)10-12(5)11(3)4/h11-13H,6-10H2,1-5H3. The van der Waals surface area contributed by atoms with Gasteiger partial charge in [-0.05, 0) is 24.2 Å². The Kier molecular flexibility index (Phi) is 7.41. The van der Waals surface area contributed by atoms with E-state index in [1.165, 1.54) is 32.1 Å². The van der Waals surface area contributed by atoms with Crippen LogP contribution in [0.2, 0.25) is 0 Å². The van der Waals surface area contributed by atoms with E-state index in [0.29, 0.717) is 0 Å².